The molecule has 0 aliphatic rings. The van der Waals surface area contributed by atoms with E-state index in [1.807, 2.05) is 17.3 Å². The van der Waals surface area contributed by atoms with E-state index >= 15 is 0 Å². The number of fused-ring (bicyclic) bond motifs is 2. The van der Waals surface area contributed by atoms with Crippen LogP contribution in [0, 0.1) is 34.6 Å². The van der Waals surface area contributed by atoms with Gasteiger partial charge in [0.1, 0.15) is 31.8 Å². The van der Waals surface area contributed by atoms with Crippen molar-refractivity contribution in [1.82, 2.24) is 0 Å². The molecule has 0 aliphatic heterocycles. The summed E-state index contributed by atoms with van der Waals surface area (Å²) in [6, 6.07) is 73.7. The van der Waals surface area contributed by atoms with Crippen molar-refractivity contribution in [2.24, 2.45) is 0 Å². The van der Waals surface area contributed by atoms with Gasteiger partial charge in [0.2, 0.25) is 0 Å². The van der Waals surface area contributed by atoms with Crippen molar-refractivity contribution >= 4 is 78.9 Å². The Morgan fingerprint density at radius 2 is 0.619 bits per heavy atom. The summed E-state index contributed by atoms with van der Waals surface area (Å²) in [6.07, 6.45) is 0. The van der Waals surface area contributed by atoms with Gasteiger partial charge in [-0.3, -0.25) is 0 Å². The van der Waals surface area contributed by atoms with Crippen LogP contribution in [0.25, 0.3) is 32.7 Å². The minimum atomic E-state index is -1.42. The van der Waals surface area contributed by atoms with Crippen LogP contribution in [0.5, 0.6) is 0 Å². The third kappa shape index (κ3) is 11.3. The van der Waals surface area contributed by atoms with E-state index in [-0.39, 0.29) is 12.4 Å². The molecule has 0 radical (unpaired) electrons. The van der Waals surface area contributed by atoms with Crippen molar-refractivity contribution in [2.45, 2.75) is 54.4 Å². The Balaban J connectivity index is 0.000000446. The summed E-state index contributed by atoms with van der Waals surface area (Å²) in [5, 5.41) is 13.7. The second-order valence-electron chi connectivity index (χ2n) is 16.7. The fourth-order valence-corrected chi connectivity index (χ4v) is 13.7. The normalized spacial score (nSPS) is 10.9. The maximum absolute atomic E-state index is 4.57. The molecule has 5 heteroatoms. The standard InChI is InChI=1S/C48H40P2.C10H14.2ClH.Ru/c1-33-13-23-39(24-14-33)49(40-25-15-34(2)16-26-40)45-31-21-37-9-5-7-11-43(37)47(45)48-44-12-8-6-10-38(44)22-32-46(48)50(41-27-17-35(3)18-28-41)42-29-19-36(4)20-30-42;1-8(2)10-6-4-9(3)5-7-10;;;/h5-32H,1-4H3;4-8H,1-3H3;2*1H;/q;;;;+2. The fourth-order valence-electron chi connectivity index (χ4n) is 8.29. The molecule has 0 atom stereocenters. The van der Waals surface area contributed by atoms with Gasteiger partial charge in [-0.1, -0.05) is 175 Å². The number of rotatable bonds is 8. The maximum atomic E-state index is 4.57. The molecule has 9 aromatic rings. The van der Waals surface area contributed by atoms with Crippen molar-refractivity contribution in [3.8, 4) is 11.1 Å². The molecule has 0 amide bonds. The van der Waals surface area contributed by atoms with Crippen LogP contribution in [0.15, 0.2) is 194 Å². The van der Waals surface area contributed by atoms with Crippen LogP contribution in [0.1, 0.15) is 53.1 Å². The number of aryl methyl sites for hydroxylation is 5. The first-order valence-electron chi connectivity index (χ1n) is 21.4. The number of hydrogen-bond acceptors (Lipinski definition) is 0. The summed E-state index contributed by atoms with van der Waals surface area (Å²) < 4.78 is 0. The summed E-state index contributed by atoms with van der Waals surface area (Å²) in [5.74, 6) is 0.653. The van der Waals surface area contributed by atoms with E-state index in [0.29, 0.717) is 5.92 Å². The van der Waals surface area contributed by atoms with Crippen LogP contribution < -0.4 is 44.2 Å². The average molecular weight is 987 g/mol. The van der Waals surface area contributed by atoms with Gasteiger partial charge in [-0.05, 0) is 128 Å². The van der Waals surface area contributed by atoms with Gasteiger partial charge in [0, 0.05) is 11.1 Å². The molecule has 0 unspecified atom stereocenters. The molecule has 0 aliphatic carbocycles. The number of hydrogen-bond donors (Lipinski definition) is 0. The van der Waals surface area contributed by atoms with Crippen molar-refractivity contribution in [3.63, 3.8) is 0 Å². The Hall–Kier alpha value is -4.44. The third-order valence-corrected chi connectivity index (χ3v) is 17.3. The fraction of sp³-hybridized carbons (Fsp3) is 0.138. The molecular weight excluding hydrogens is 931 g/mol. The number of benzene rings is 9. The molecule has 0 saturated heterocycles. The molecule has 318 valence electrons. The zero-order valence-corrected chi connectivity index (χ0v) is 42.4. The van der Waals surface area contributed by atoms with E-state index in [2.05, 4.69) is 252 Å². The molecule has 0 N–H and O–H groups in total. The molecule has 0 spiro atoms. The monoisotopic (exact) mass is 986 g/mol. The van der Waals surface area contributed by atoms with Crippen LogP contribution >= 0.6 is 25.5 Å². The van der Waals surface area contributed by atoms with Gasteiger partial charge in [-0.15, -0.1) is 0 Å². The van der Waals surface area contributed by atoms with E-state index < -0.39 is 15.8 Å². The quantitative estimate of drug-likeness (QED) is 0.105. The predicted molar refractivity (Wildman–Crippen MR) is 277 cm³/mol. The van der Waals surface area contributed by atoms with E-state index in [1.165, 1.54) is 97.9 Å². The summed E-state index contributed by atoms with van der Waals surface area (Å²) in [6.45, 7) is 15.3. The molecule has 0 heterocycles. The summed E-state index contributed by atoms with van der Waals surface area (Å²) in [4.78, 5) is 0. The molecule has 0 nitrogen and oxygen atoms in total. The zero-order valence-electron chi connectivity index (χ0n) is 37.2. The Morgan fingerprint density at radius 3 is 0.905 bits per heavy atom. The van der Waals surface area contributed by atoms with Gasteiger partial charge in [0.05, 0.1) is 15.8 Å². The molecule has 0 fully saturated rings. The molecule has 9 rings (SSSR count). The van der Waals surface area contributed by atoms with Gasteiger partial charge in [0.15, 0.2) is 0 Å². The van der Waals surface area contributed by atoms with Gasteiger partial charge < -0.3 is 12.4 Å². The van der Waals surface area contributed by atoms with E-state index in [0.717, 1.165) is 0 Å². The number of halogens is 2. The first kappa shape index (κ1) is 48.0. The van der Waals surface area contributed by atoms with Gasteiger partial charge in [-0.25, -0.2) is 0 Å². The van der Waals surface area contributed by atoms with E-state index in [4.69, 9.17) is 0 Å². The second kappa shape index (κ2) is 22.5. The van der Waals surface area contributed by atoms with Crippen LogP contribution in [0.4, 0.5) is 0 Å². The topological polar surface area (TPSA) is 0 Å². The van der Waals surface area contributed by atoms with Crippen molar-refractivity contribution < 1.29 is 29.7 Å². The molecule has 0 bridgehead atoms. The van der Waals surface area contributed by atoms with Crippen molar-refractivity contribution in [1.29, 1.82) is 0 Å². The van der Waals surface area contributed by atoms with Crippen LogP contribution in [0.2, 0.25) is 0 Å². The minimum absolute atomic E-state index is 0. The van der Waals surface area contributed by atoms with Crippen LogP contribution in [-0.4, -0.2) is 0 Å². The Morgan fingerprint density at radius 1 is 0.349 bits per heavy atom. The molecule has 9 aromatic carbocycles. The van der Waals surface area contributed by atoms with Gasteiger partial charge >= 0.3 is 27.0 Å². The van der Waals surface area contributed by atoms with Crippen molar-refractivity contribution in [3.05, 3.63) is 228 Å². The van der Waals surface area contributed by atoms with Crippen molar-refractivity contribution in [2.75, 3.05) is 0 Å². The van der Waals surface area contributed by atoms with Gasteiger partial charge in [0.25, 0.3) is 0 Å². The summed E-state index contributed by atoms with van der Waals surface area (Å²) >= 11 is 1.82. The average Bonchev–Trinajstić information content (AvgIpc) is 3.30. The van der Waals surface area contributed by atoms with E-state index in [1.54, 1.807) is 0 Å². The molecule has 63 heavy (non-hydrogen) atoms. The zero-order chi connectivity index (χ0) is 43.8. The Labute approximate surface area is 398 Å². The Bertz CT molecular complexity index is 2600. The predicted octanol–water partition coefficient (Wildman–Crippen LogP) is 10.7. The van der Waals surface area contributed by atoms with Crippen LogP contribution in [-0.2, 0) is 17.3 Å². The SMILES string of the molecule is Cc1ccc(C(C)C)cc1.Cc1ccc([PH+](c2ccc(C)cc2)c2ccc3ccccc3c2-c2c([PH+](c3ccc(C)cc3)c3ccc(C)cc3)ccc3ccccc23)cc1.[Cl-].[Cl][Ru+]. The first-order chi connectivity index (χ1) is 30.1. The summed E-state index contributed by atoms with van der Waals surface area (Å²) in [5.41, 5.74) is 10.7. The Kier molecular flexibility index (Phi) is 17.1. The molecular formula is C58H56Cl2P2Ru+2. The third-order valence-electron chi connectivity index (χ3n) is 11.8. The second-order valence-corrected chi connectivity index (χ2v) is 21.6. The molecule has 0 aromatic heterocycles. The molecule has 0 saturated carbocycles. The van der Waals surface area contributed by atoms with E-state index in [9.17, 15) is 0 Å². The summed E-state index contributed by atoms with van der Waals surface area (Å²) in [7, 11) is 1.74. The van der Waals surface area contributed by atoms with Crippen LogP contribution in [0.3, 0.4) is 0 Å². The van der Waals surface area contributed by atoms with Gasteiger partial charge in [-0.2, -0.15) is 0 Å². The first-order valence-corrected chi connectivity index (χ1v) is 26.6.